The van der Waals surface area contributed by atoms with Crippen molar-refractivity contribution in [1.29, 1.82) is 0 Å². The number of imide groups is 1. The van der Waals surface area contributed by atoms with Crippen LogP contribution in [0.4, 0.5) is 11.4 Å². The van der Waals surface area contributed by atoms with Crippen LogP contribution in [0.1, 0.15) is 34.5 Å². The van der Waals surface area contributed by atoms with Crippen LogP contribution in [0.3, 0.4) is 0 Å². The number of nitro groups is 1. The molecule has 210 valence electrons. The minimum absolute atomic E-state index is 0.0355. The summed E-state index contributed by atoms with van der Waals surface area (Å²) < 4.78 is 0. The number of hydrogen-bond acceptors (Lipinski definition) is 7. The smallest absolute Gasteiger partial charge is 0.325 e. The molecule has 0 radical (unpaired) electrons. The van der Waals surface area contributed by atoms with Gasteiger partial charge in [-0.05, 0) is 54.4 Å². The molecular weight excluding hydrogens is 597 g/mol. The molecule has 2 aliphatic heterocycles. The molecule has 0 saturated carbocycles. The first-order valence-electron chi connectivity index (χ1n) is 12.2. The van der Waals surface area contributed by atoms with Gasteiger partial charge in [-0.15, -0.1) is 0 Å². The van der Waals surface area contributed by atoms with Crippen LogP contribution in [0.25, 0.3) is 0 Å². The molecule has 2 heterocycles. The van der Waals surface area contributed by atoms with Gasteiger partial charge in [-0.25, -0.2) is 4.90 Å². The number of nitrogens with one attached hydrogen (secondary N) is 1. The molecule has 2 fully saturated rings. The topological polar surface area (TPSA) is 147 Å². The Morgan fingerprint density at radius 1 is 1.02 bits per heavy atom. The molecule has 0 bridgehead atoms. The minimum Gasteiger partial charge on any atom is -0.480 e. The molecule has 0 aliphatic carbocycles. The van der Waals surface area contributed by atoms with Crippen LogP contribution in [-0.2, 0) is 20.8 Å². The number of nitro benzene ring substituents is 1. The van der Waals surface area contributed by atoms with Crippen molar-refractivity contribution >= 4 is 69.7 Å². The first-order valence-corrected chi connectivity index (χ1v) is 13.4. The fourth-order valence-corrected chi connectivity index (χ4v) is 6.40. The third-order valence-electron chi connectivity index (χ3n) is 7.55. The number of aliphatic carboxylic acids is 1. The van der Waals surface area contributed by atoms with Crippen molar-refractivity contribution < 1.29 is 29.2 Å². The second kappa shape index (κ2) is 10.5. The van der Waals surface area contributed by atoms with Crippen LogP contribution in [0.2, 0.25) is 15.1 Å². The number of amides is 2. The monoisotopic (exact) mass is 615 g/mol. The zero-order chi connectivity index (χ0) is 29.8. The summed E-state index contributed by atoms with van der Waals surface area (Å²) in [6.07, 6.45) is -0.292. The van der Waals surface area contributed by atoms with Crippen LogP contribution in [0.5, 0.6) is 0 Å². The highest BCUT2D eigenvalue weighted by Gasteiger charge is 2.68. The predicted octanol–water partition coefficient (Wildman–Crippen LogP) is 5.27. The number of carbonyl (C=O) groups is 4. The second-order valence-corrected chi connectivity index (χ2v) is 11.1. The van der Waals surface area contributed by atoms with Gasteiger partial charge in [-0.1, -0.05) is 46.9 Å². The molecule has 13 heteroatoms. The lowest BCUT2D eigenvalue weighted by Crippen LogP contribution is -2.57. The van der Waals surface area contributed by atoms with Crippen molar-refractivity contribution in [3.63, 3.8) is 0 Å². The Bertz CT molecular complexity index is 1630. The molecule has 2 amide bonds. The molecule has 2 aliphatic rings. The molecule has 3 aromatic carbocycles. The first kappa shape index (κ1) is 28.7. The summed E-state index contributed by atoms with van der Waals surface area (Å²) in [7, 11) is 0. The summed E-state index contributed by atoms with van der Waals surface area (Å²) in [4.78, 5) is 64.3. The summed E-state index contributed by atoms with van der Waals surface area (Å²) in [5, 5.41) is 25.1. The van der Waals surface area contributed by atoms with Gasteiger partial charge in [0.25, 0.3) is 5.69 Å². The quantitative estimate of drug-likeness (QED) is 0.120. The van der Waals surface area contributed by atoms with E-state index >= 15 is 0 Å². The summed E-state index contributed by atoms with van der Waals surface area (Å²) in [5.74, 6) is -5.69. The van der Waals surface area contributed by atoms with E-state index in [9.17, 15) is 34.4 Å². The van der Waals surface area contributed by atoms with Gasteiger partial charge in [0.15, 0.2) is 5.78 Å². The van der Waals surface area contributed by atoms with Gasteiger partial charge in [-0.2, -0.15) is 0 Å². The largest absolute Gasteiger partial charge is 0.480 e. The van der Waals surface area contributed by atoms with Gasteiger partial charge in [-0.3, -0.25) is 34.6 Å². The normalized spacial score (nSPS) is 23.5. The Labute approximate surface area is 247 Å². The first-order chi connectivity index (χ1) is 19.4. The molecule has 0 spiro atoms. The molecule has 2 N–H and O–H groups in total. The SMILES string of the molecule is CC(=O)c1ccc(N2C(=O)C3C(c4cc(Cl)cc(Cl)c4Cl)NC(Cc4ccc([N+](=O)[O-])cc4)(C(=O)O)C3C2=O)cc1. The number of hydrogen-bond donors (Lipinski definition) is 2. The van der Waals surface area contributed by atoms with Crippen LogP contribution < -0.4 is 10.2 Å². The van der Waals surface area contributed by atoms with Crippen LogP contribution in [-0.4, -0.2) is 39.1 Å². The van der Waals surface area contributed by atoms with E-state index in [0.717, 1.165) is 4.90 Å². The highest BCUT2D eigenvalue weighted by atomic mass is 35.5. The zero-order valence-electron chi connectivity index (χ0n) is 21.1. The standard InChI is InChI=1S/C28H20Cl3N3O7/c1-13(35)15-4-8-17(9-5-15)33-25(36)21-22(26(33)37)28(27(38)39,12-14-2-6-18(7-3-14)34(40)41)32-24(21)19-10-16(29)11-20(30)23(19)31/h2-11,21-22,24,32H,12H2,1H3,(H,38,39). The lowest BCUT2D eigenvalue weighted by molar-refractivity contribution is -0.384. The second-order valence-electron chi connectivity index (χ2n) is 9.91. The van der Waals surface area contributed by atoms with Crippen molar-refractivity contribution in [3.05, 3.63) is 103 Å². The Kier molecular flexibility index (Phi) is 7.37. The van der Waals surface area contributed by atoms with E-state index in [-0.39, 0.29) is 44.2 Å². The van der Waals surface area contributed by atoms with Gasteiger partial charge in [0.2, 0.25) is 11.8 Å². The number of carboxylic acid groups (broad SMARTS) is 1. The number of benzene rings is 3. The highest BCUT2D eigenvalue weighted by Crippen LogP contribution is 2.52. The fraction of sp³-hybridized carbons (Fsp3) is 0.214. The molecule has 4 unspecified atom stereocenters. The number of halogens is 3. The average molecular weight is 617 g/mol. The van der Waals surface area contributed by atoms with Gasteiger partial charge in [0.1, 0.15) is 5.54 Å². The van der Waals surface area contributed by atoms with E-state index in [0.29, 0.717) is 11.1 Å². The van der Waals surface area contributed by atoms with E-state index < -0.39 is 46.1 Å². The predicted molar refractivity (Wildman–Crippen MR) is 150 cm³/mol. The van der Waals surface area contributed by atoms with Crippen LogP contribution in [0.15, 0.2) is 60.7 Å². The number of non-ortho nitro benzene ring substituents is 1. The highest BCUT2D eigenvalue weighted by molar-refractivity contribution is 6.43. The minimum atomic E-state index is -2.02. The van der Waals surface area contributed by atoms with E-state index in [1.165, 1.54) is 67.6 Å². The summed E-state index contributed by atoms with van der Waals surface area (Å²) in [6.45, 7) is 1.38. The third kappa shape index (κ3) is 4.76. The molecule has 3 aromatic rings. The molecular formula is C28H20Cl3N3O7. The van der Waals surface area contributed by atoms with Gasteiger partial charge < -0.3 is 5.11 Å². The summed E-state index contributed by atoms with van der Waals surface area (Å²) in [6, 6.07) is 12.8. The summed E-state index contributed by atoms with van der Waals surface area (Å²) >= 11 is 19.0. The fourth-order valence-electron chi connectivity index (χ4n) is 5.66. The number of anilines is 1. The van der Waals surface area contributed by atoms with Crippen LogP contribution >= 0.6 is 34.8 Å². The lowest BCUT2D eigenvalue weighted by Gasteiger charge is -2.31. The molecule has 4 atom stereocenters. The van der Waals surface area contributed by atoms with Gasteiger partial charge in [0, 0.05) is 35.2 Å². The van der Waals surface area contributed by atoms with Crippen molar-refractivity contribution in [2.45, 2.75) is 24.9 Å². The number of ketones is 1. The molecule has 2 saturated heterocycles. The Hall–Kier alpha value is -3.83. The number of rotatable bonds is 7. The van der Waals surface area contributed by atoms with Crippen molar-refractivity contribution in [2.24, 2.45) is 11.8 Å². The summed E-state index contributed by atoms with van der Waals surface area (Å²) in [5.41, 5.74) is -1.06. The Balaban J connectivity index is 1.66. The van der Waals surface area contributed by atoms with Crippen molar-refractivity contribution in [1.82, 2.24) is 5.32 Å². The molecule has 5 rings (SSSR count). The Morgan fingerprint density at radius 3 is 2.22 bits per heavy atom. The van der Waals surface area contributed by atoms with Crippen molar-refractivity contribution in [3.8, 4) is 0 Å². The average Bonchev–Trinajstić information content (AvgIpc) is 3.40. The van der Waals surface area contributed by atoms with E-state index in [1.807, 2.05) is 0 Å². The lowest BCUT2D eigenvalue weighted by atomic mass is 9.76. The molecule has 41 heavy (non-hydrogen) atoms. The number of fused-ring (bicyclic) bond motifs is 1. The number of carboxylic acids is 1. The Morgan fingerprint density at radius 2 is 1.66 bits per heavy atom. The van der Waals surface area contributed by atoms with Crippen LogP contribution in [0, 0.1) is 22.0 Å². The van der Waals surface area contributed by atoms with Gasteiger partial charge in [0.05, 0.1) is 32.5 Å². The number of Topliss-reactive ketones (excluding diaryl/α,β-unsaturated/α-hetero) is 1. The van der Waals surface area contributed by atoms with Gasteiger partial charge >= 0.3 is 5.97 Å². The van der Waals surface area contributed by atoms with E-state index in [2.05, 4.69) is 5.32 Å². The van der Waals surface area contributed by atoms with E-state index in [4.69, 9.17) is 34.8 Å². The maximum atomic E-state index is 14.0. The molecule has 0 aromatic heterocycles. The maximum Gasteiger partial charge on any atom is 0.325 e. The number of nitrogens with zero attached hydrogens (tertiary/aromatic N) is 2. The number of carbonyl (C=O) groups excluding carboxylic acids is 3. The van der Waals surface area contributed by atoms with E-state index in [1.54, 1.807) is 0 Å². The molecule has 10 nitrogen and oxygen atoms in total. The maximum absolute atomic E-state index is 14.0. The third-order valence-corrected chi connectivity index (χ3v) is 8.59. The van der Waals surface area contributed by atoms with Crippen molar-refractivity contribution in [2.75, 3.05) is 4.90 Å². The zero-order valence-corrected chi connectivity index (χ0v) is 23.4.